The molecule has 20 heavy (non-hydrogen) atoms. The van der Waals surface area contributed by atoms with Crippen LogP contribution in [0.25, 0.3) is 0 Å². The van der Waals surface area contributed by atoms with Crippen molar-refractivity contribution in [2.45, 2.75) is 25.8 Å². The first-order chi connectivity index (χ1) is 9.63. The summed E-state index contributed by atoms with van der Waals surface area (Å²) in [6.07, 6.45) is 1.89. The maximum absolute atomic E-state index is 5.42. The van der Waals surface area contributed by atoms with Crippen LogP contribution < -0.4 is 10.1 Å². The Morgan fingerprint density at radius 1 is 1.30 bits per heavy atom. The first kappa shape index (κ1) is 14.6. The molecule has 108 valence electrons. The highest BCUT2D eigenvalue weighted by atomic mass is 16.5. The number of aryl methyl sites for hydroxylation is 2. The summed E-state index contributed by atoms with van der Waals surface area (Å²) in [5.41, 5.74) is 3.54. The van der Waals surface area contributed by atoms with E-state index in [1.807, 2.05) is 37.8 Å². The third-order valence-corrected chi connectivity index (χ3v) is 3.62. The monoisotopic (exact) mass is 273 g/mol. The topological polar surface area (TPSA) is 39.1 Å². The van der Waals surface area contributed by atoms with Gasteiger partial charge in [0.2, 0.25) is 0 Å². The van der Waals surface area contributed by atoms with Gasteiger partial charge < -0.3 is 10.1 Å². The highest BCUT2D eigenvalue weighted by Gasteiger charge is 2.13. The van der Waals surface area contributed by atoms with Gasteiger partial charge in [-0.15, -0.1) is 0 Å². The number of aromatic nitrogens is 2. The summed E-state index contributed by atoms with van der Waals surface area (Å²) in [5.74, 6) is 0.953. The first-order valence-corrected chi connectivity index (χ1v) is 6.92. The van der Waals surface area contributed by atoms with Crippen molar-refractivity contribution >= 4 is 0 Å². The molecular formula is C16H23N3O. The summed E-state index contributed by atoms with van der Waals surface area (Å²) in [6, 6.07) is 10.7. The van der Waals surface area contributed by atoms with Crippen LogP contribution in [0.15, 0.2) is 30.3 Å². The van der Waals surface area contributed by atoms with E-state index in [1.165, 1.54) is 11.3 Å². The largest absolute Gasteiger partial charge is 0.496 e. The second-order valence-corrected chi connectivity index (χ2v) is 5.11. The van der Waals surface area contributed by atoms with Crippen LogP contribution in [0.2, 0.25) is 0 Å². The number of para-hydroxylation sites is 1. The molecule has 1 unspecified atom stereocenters. The number of methoxy groups -OCH3 is 1. The number of ether oxygens (including phenoxy) is 1. The number of benzene rings is 1. The first-order valence-electron chi connectivity index (χ1n) is 6.92. The molecular weight excluding hydrogens is 250 g/mol. The van der Waals surface area contributed by atoms with E-state index in [0.29, 0.717) is 6.04 Å². The van der Waals surface area contributed by atoms with E-state index in [-0.39, 0.29) is 0 Å². The van der Waals surface area contributed by atoms with Gasteiger partial charge in [0.15, 0.2) is 0 Å². The van der Waals surface area contributed by atoms with Crippen molar-refractivity contribution in [2.24, 2.45) is 7.05 Å². The molecule has 4 heteroatoms. The van der Waals surface area contributed by atoms with Crippen LogP contribution in [-0.4, -0.2) is 30.0 Å². The maximum atomic E-state index is 5.42. The van der Waals surface area contributed by atoms with Gasteiger partial charge in [0.1, 0.15) is 5.75 Å². The van der Waals surface area contributed by atoms with Crippen molar-refractivity contribution in [3.05, 3.63) is 47.3 Å². The van der Waals surface area contributed by atoms with Crippen molar-refractivity contribution in [3.63, 3.8) is 0 Å². The minimum Gasteiger partial charge on any atom is -0.496 e. The Bertz CT molecular complexity index is 563. The molecule has 1 N–H and O–H groups in total. The smallest absolute Gasteiger partial charge is 0.122 e. The molecule has 0 radical (unpaired) electrons. The molecule has 0 bridgehead atoms. The van der Waals surface area contributed by atoms with Gasteiger partial charge >= 0.3 is 0 Å². The number of likely N-dealkylation sites (N-methyl/N-ethyl adjacent to an activating group) is 1. The Labute approximate surface area is 120 Å². The molecule has 0 saturated heterocycles. The average molecular weight is 273 g/mol. The lowest BCUT2D eigenvalue weighted by molar-refractivity contribution is 0.405. The minimum absolute atomic E-state index is 0.362. The molecule has 2 aromatic rings. The molecule has 0 amide bonds. The average Bonchev–Trinajstić information content (AvgIpc) is 2.76. The fraction of sp³-hybridized carbons (Fsp3) is 0.438. The molecule has 0 aliphatic rings. The van der Waals surface area contributed by atoms with E-state index in [1.54, 1.807) is 7.11 Å². The summed E-state index contributed by atoms with van der Waals surface area (Å²) >= 11 is 0. The van der Waals surface area contributed by atoms with Crippen LogP contribution in [0.5, 0.6) is 5.75 Å². The van der Waals surface area contributed by atoms with E-state index < -0.39 is 0 Å². The van der Waals surface area contributed by atoms with Crippen LogP contribution in [0.4, 0.5) is 0 Å². The standard InChI is InChI=1S/C16H23N3O/c1-12-9-15(19(3)18-12)11-14(17-2)10-13-7-5-6-8-16(13)20-4/h5-9,14,17H,10-11H2,1-4H3. The molecule has 1 aromatic heterocycles. The third kappa shape index (κ3) is 3.39. The van der Waals surface area contributed by atoms with E-state index in [2.05, 4.69) is 28.6 Å². The highest BCUT2D eigenvalue weighted by Crippen LogP contribution is 2.20. The van der Waals surface area contributed by atoms with Crippen molar-refractivity contribution in [3.8, 4) is 5.75 Å². The molecule has 2 rings (SSSR count). The van der Waals surface area contributed by atoms with E-state index in [0.717, 1.165) is 24.3 Å². The number of hydrogen-bond donors (Lipinski definition) is 1. The molecule has 0 aliphatic carbocycles. The molecule has 0 fully saturated rings. The lowest BCUT2D eigenvalue weighted by Gasteiger charge is -2.18. The molecule has 0 aliphatic heterocycles. The Morgan fingerprint density at radius 3 is 2.65 bits per heavy atom. The van der Waals surface area contributed by atoms with Crippen molar-refractivity contribution in [1.82, 2.24) is 15.1 Å². The van der Waals surface area contributed by atoms with Gasteiger partial charge in [0, 0.05) is 25.2 Å². The fourth-order valence-corrected chi connectivity index (χ4v) is 2.52. The quantitative estimate of drug-likeness (QED) is 0.876. The maximum Gasteiger partial charge on any atom is 0.122 e. The van der Waals surface area contributed by atoms with Gasteiger partial charge in [0.05, 0.1) is 12.8 Å². The highest BCUT2D eigenvalue weighted by molar-refractivity contribution is 5.34. The Balaban J connectivity index is 2.11. The van der Waals surface area contributed by atoms with Crippen LogP contribution in [-0.2, 0) is 19.9 Å². The number of nitrogens with zero attached hydrogens (tertiary/aromatic N) is 2. The van der Waals surface area contributed by atoms with E-state index in [4.69, 9.17) is 4.74 Å². The van der Waals surface area contributed by atoms with Gasteiger partial charge in [-0.05, 0) is 38.1 Å². The van der Waals surface area contributed by atoms with Gasteiger partial charge in [-0.3, -0.25) is 4.68 Å². The van der Waals surface area contributed by atoms with Gasteiger partial charge in [-0.25, -0.2) is 0 Å². The normalized spacial score (nSPS) is 12.4. The van der Waals surface area contributed by atoms with Crippen LogP contribution in [0.3, 0.4) is 0 Å². The SMILES string of the molecule is CNC(Cc1ccccc1OC)Cc1cc(C)nn1C. The van der Waals surface area contributed by atoms with Crippen LogP contribution in [0, 0.1) is 6.92 Å². The fourth-order valence-electron chi connectivity index (χ4n) is 2.52. The van der Waals surface area contributed by atoms with E-state index in [9.17, 15) is 0 Å². The zero-order valence-corrected chi connectivity index (χ0v) is 12.7. The molecule has 1 heterocycles. The predicted octanol–water partition coefficient (Wildman–Crippen LogP) is 2.11. The van der Waals surface area contributed by atoms with Crippen LogP contribution in [0.1, 0.15) is 17.0 Å². The van der Waals surface area contributed by atoms with Gasteiger partial charge in [0.25, 0.3) is 0 Å². The lowest BCUT2D eigenvalue weighted by atomic mass is 10.0. The second kappa shape index (κ2) is 6.57. The number of nitrogens with one attached hydrogen (secondary N) is 1. The van der Waals surface area contributed by atoms with Gasteiger partial charge in [-0.1, -0.05) is 18.2 Å². The van der Waals surface area contributed by atoms with Crippen LogP contribution >= 0.6 is 0 Å². The minimum atomic E-state index is 0.362. The summed E-state index contributed by atoms with van der Waals surface area (Å²) in [4.78, 5) is 0. The molecule has 0 spiro atoms. The number of rotatable bonds is 6. The zero-order chi connectivity index (χ0) is 14.5. The Morgan fingerprint density at radius 2 is 2.05 bits per heavy atom. The van der Waals surface area contributed by atoms with E-state index >= 15 is 0 Å². The summed E-state index contributed by atoms with van der Waals surface area (Å²) < 4.78 is 7.38. The van der Waals surface area contributed by atoms with Crippen molar-refractivity contribution in [1.29, 1.82) is 0 Å². The van der Waals surface area contributed by atoms with Gasteiger partial charge in [-0.2, -0.15) is 5.10 Å². The van der Waals surface area contributed by atoms with Crippen molar-refractivity contribution < 1.29 is 4.74 Å². The summed E-state index contributed by atoms with van der Waals surface area (Å²) in [6.45, 7) is 2.03. The molecule has 1 atom stereocenters. The number of hydrogen-bond acceptors (Lipinski definition) is 3. The lowest BCUT2D eigenvalue weighted by Crippen LogP contribution is -2.30. The Kier molecular flexibility index (Phi) is 4.79. The Hall–Kier alpha value is -1.81. The summed E-state index contributed by atoms with van der Waals surface area (Å²) in [7, 11) is 5.72. The molecule has 4 nitrogen and oxygen atoms in total. The predicted molar refractivity (Wildman–Crippen MR) is 81.2 cm³/mol. The summed E-state index contributed by atoms with van der Waals surface area (Å²) in [5, 5.41) is 7.79. The zero-order valence-electron chi connectivity index (χ0n) is 12.7. The van der Waals surface area contributed by atoms with Crippen molar-refractivity contribution in [2.75, 3.05) is 14.2 Å². The molecule has 0 saturated carbocycles. The second-order valence-electron chi connectivity index (χ2n) is 5.11. The molecule has 1 aromatic carbocycles. The third-order valence-electron chi connectivity index (χ3n) is 3.62.